The van der Waals surface area contributed by atoms with Crippen LogP contribution in [-0.2, 0) is 6.42 Å². The number of hydrogen-bond donors (Lipinski definition) is 1. The summed E-state index contributed by atoms with van der Waals surface area (Å²) in [5.74, 6) is -0.757. The average Bonchev–Trinajstić information content (AvgIpc) is 3.63. The van der Waals surface area contributed by atoms with Crippen LogP contribution in [0.1, 0.15) is 33.8 Å². The zero-order valence-corrected chi connectivity index (χ0v) is 17.7. The van der Waals surface area contributed by atoms with Gasteiger partial charge < -0.3 is 19.0 Å². The Morgan fingerprint density at radius 2 is 2.17 bits per heavy atom. The molecule has 176 valence electrons. The van der Waals surface area contributed by atoms with Crippen LogP contribution in [0.3, 0.4) is 0 Å². The number of carbonyl (C=O) groups excluding carboxylic acids is 1. The maximum Gasteiger partial charge on any atom is 0.387 e. The highest BCUT2D eigenvalue weighted by Crippen LogP contribution is 2.35. The number of halogens is 2. The van der Waals surface area contributed by atoms with Crippen LogP contribution in [0.4, 0.5) is 8.78 Å². The topological polar surface area (TPSA) is 140 Å². The monoisotopic (exact) mass is 479 g/mol. The number of aromatic nitrogens is 8. The van der Waals surface area contributed by atoms with E-state index >= 15 is 0 Å². The van der Waals surface area contributed by atoms with Crippen molar-refractivity contribution in [2.24, 2.45) is 0 Å². The molecule has 1 N–H and O–H groups in total. The number of alkyl halides is 2. The molecule has 1 atom stereocenters. The van der Waals surface area contributed by atoms with Gasteiger partial charge in [-0.15, -0.1) is 10.2 Å². The molecule has 5 aromatic rings. The molecule has 6 heterocycles. The second-order valence-electron chi connectivity index (χ2n) is 7.57. The van der Waals surface area contributed by atoms with E-state index in [0.29, 0.717) is 35.6 Å². The number of carbonyl (C=O) groups is 1. The molecule has 0 bridgehead atoms. The van der Waals surface area contributed by atoms with Gasteiger partial charge in [-0.2, -0.15) is 13.9 Å². The van der Waals surface area contributed by atoms with Crippen LogP contribution in [-0.4, -0.2) is 63.7 Å². The van der Waals surface area contributed by atoms with Gasteiger partial charge >= 0.3 is 18.4 Å². The lowest BCUT2D eigenvalue weighted by molar-refractivity contribution is -0.0490. The van der Waals surface area contributed by atoms with Crippen molar-refractivity contribution in [2.45, 2.75) is 19.1 Å². The lowest BCUT2D eigenvalue weighted by atomic mass is 9.99. The Morgan fingerprint density at radius 3 is 3.00 bits per heavy atom. The highest BCUT2D eigenvalue weighted by Gasteiger charge is 2.38. The number of pyridine rings is 1. The van der Waals surface area contributed by atoms with Crippen LogP contribution in [0, 0.1) is 0 Å². The van der Waals surface area contributed by atoms with Crippen molar-refractivity contribution in [3.8, 4) is 17.3 Å². The van der Waals surface area contributed by atoms with Crippen molar-refractivity contribution in [1.29, 1.82) is 0 Å². The molecule has 1 amide bonds. The molecular formula is C21H15F2N9O3. The molecule has 0 spiro atoms. The smallest absolute Gasteiger partial charge is 0.387 e. The molecule has 0 aromatic carbocycles. The molecular weight excluding hydrogens is 464 g/mol. The number of aromatic amines is 1. The van der Waals surface area contributed by atoms with Gasteiger partial charge in [-0.25, -0.2) is 14.5 Å². The summed E-state index contributed by atoms with van der Waals surface area (Å²) in [6.07, 6.45) is 8.05. The van der Waals surface area contributed by atoms with Crippen LogP contribution in [0.5, 0.6) is 5.75 Å². The first-order valence-corrected chi connectivity index (χ1v) is 10.4. The standard InChI is InChI=1S/C21H15F2N9O3/c22-21(23)34-15-2-1-6-32-14(15)8-12(30-32)17-16-11(26-10-27-16)3-7-31(17)20(33)19-29-28-18(35-19)13-9-24-4-5-25-13/h1-2,4-6,8-10,17,21H,3,7H2,(H,26,27)/t17-/m1/s1. The zero-order chi connectivity index (χ0) is 23.9. The fraction of sp³-hybridized carbons (Fsp3) is 0.190. The van der Waals surface area contributed by atoms with Gasteiger partial charge in [-0.05, 0) is 18.2 Å². The zero-order valence-electron chi connectivity index (χ0n) is 17.7. The number of hydrogen-bond acceptors (Lipinski definition) is 9. The van der Waals surface area contributed by atoms with Crippen LogP contribution in [0.15, 0.2) is 53.7 Å². The molecule has 1 aliphatic rings. The summed E-state index contributed by atoms with van der Waals surface area (Å²) in [7, 11) is 0. The minimum Gasteiger partial charge on any atom is -0.433 e. The number of ether oxygens (including phenoxy) is 1. The Bertz CT molecular complexity index is 1510. The fourth-order valence-corrected chi connectivity index (χ4v) is 4.08. The third-order valence-electron chi connectivity index (χ3n) is 5.55. The summed E-state index contributed by atoms with van der Waals surface area (Å²) in [6.45, 7) is -2.69. The number of amides is 1. The van der Waals surface area contributed by atoms with Gasteiger partial charge in [0.2, 0.25) is 0 Å². The van der Waals surface area contributed by atoms with E-state index in [2.05, 4.69) is 40.0 Å². The third-order valence-corrected chi connectivity index (χ3v) is 5.55. The minimum atomic E-state index is -2.99. The molecule has 6 rings (SSSR count). The summed E-state index contributed by atoms with van der Waals surface area (Å²) in [4.78, 5) is 30.5. The second-order valence-corrected chi connectivity index (χ2v) is 7.57. The third kappa shape index (κ3) is 3.64. The summed E-state index contributed by atoms with van der Waals surface area (Å²) < 4.78 is 37.4. The number of nitrogens with one attached hydrogen (secondary N) is 1. The maximum absolute atomic E-state index is 13.5. The van der Waals surface area contributed by atoms with Gasteiger partial charge in [0.15, 0.2) is 5.75 Å². The summed E-state index contributed by atoms with van der Waals surface area (Å²) in [6, 6.07) is 3.82. The minimum absolute atomic E-state index is 0.0392. The van der Waals surface area contributed by atoms with Gasteiger partial charge in [0.1, 0.15) is 17.3 Å². The fourth-order valence-electron chi connectivity index (χ4n) is 4.08. The molecule has 0 unspecified atom stereocenters. The molecule has 1 aliphatic heterocycles. The van der Waals surface area contributed by atoms with Crippen LogP contribution >= 0.6 is 0 Å². The van der Waals surface area contributed by atoms with E-state index in [-0.39, 0.29) is 17.5 Å². The molecule has 0 saturated heterocycles. The average molecular weight is 479 g/mol. The van der Waals surface area contributed by atoms with E-state index in [1.165, 1.54) is 46.5 Å². The molecule has 0 fully saturated rings. The van der Waals surface area contributed by atoms with Crippen LogP contribution in [0.2, 0.25) is 0 Å². The van der Waals surface area contributed by atoms with Gasteiger partial charge in [-0.3, -0.25) is 9.78 Å². The van der Waals surface area contributed by atoms with E-state index in [0.717, 1.165) is 5.69 Å². The van der Waals surface area contributed by atoms with E-state index in [9.17, 15) is 13.6 Å². The number of rotatable bonds is 5. The van der Waals surface area contributed by atoms with Crippen LogP contribution < -0.4 is 4.74 Å². The van der Waals surface area contributed by atoms with E-state index in [1.54, 1.807) is 12.3 Å². The summed E-state index contributed by atoms with van der Waals surface area (Å²) in [5.41, 5.74) is 2.48. The highest BCUT2D eigenvalue weighted by molar-refractivity contribution is 5.90. The Hall–Kier alpha value is -4.75. The maximum atomic E-state index is 13.5. The molecule has 0 aliphatic carbocycles. The largest absolute Gasteiger partial charge is 0.433 e. The lowest BCUT2D eigenvalue weighted by Crippen LogP contribution is -2.41. The number of imidazole rings is 1. The van der Waals surface area contributed by atoms with Crippen molar-refractivity contribution < 1.29 is 22.7 Å². The quantitative estimate of drug-likeness (QED) is 0.402. The number of fused-ring (bicyclic) bond motifs is 2. The first kappa shape index (κ1) is 20.8. The van der Waals surface area contributed by atoms with E-state index < -0.39 is 18.6 Å². The Morgan fingerprint density at radius 1 is 1.26 bits per heavy atom. The summed E-state index contributed by atoms with van der Waals surface area (Å²) in [5, 5.41) is 12.3. The Kier molecular flexibility index (Phi) is 4.90. The van der Waals surface area contributed by atoms with Gasteiger partial charge in [0.25, 0.3) is 5.89 Å². The predicted molar refractivity (Wildman–Crippen MR) is 112 cm³/mol. The van der Waals surface area contributed by atoms with Crippen LogP contribution in [0.25, 0.3) is 17.1 Å². The molecule has 35 heavy (non-hydrogen) atoms. The molecule has 12 nitrogen and oxygen atoms in total. The summed E-state index contributed by atoms with van der Waals surface area (Å²) >= 11 is 0. The molecule has 0 saturated carbocycles. The second kappa shape index (κ2) is 8.23. The highest BCUT2D eigenvalue weighted by atomic mass is 19.3. The lowest BCUT2D eigenvalue weighted by Gasteiger charge is -2.32. The Balaban J connectivity index is 1.40. The molecule has 0 radical (unpaired) electrons. The van der Waals surface area contributed by atoms with Crippen molar-refractivity contribution in [3.05, 3.63) is 72.3 Å². The van der Waals surface area contributed by atoms with Crippen molar-refractivity contribution in [2.75, 3.05) is 6.54 Å². The van der Waals surface area contributed by atoms with Gasteiger partial charge in [0.05, 0.1) is 23.9 Å². The SMILES string of the molecule is O=C(c1nnc(-c2cnccn2)o1)N1CCc2[nH]cnc2[C@H]1c1cc2c(OC(F)F)cccn2n1. The van der Waals surface area contributed by atoms with Gasteiger partial charge in [0, 0.05) is 37.3 Å². The predicted octanol–water partition coefficient (Wildman–Crippen LogP) is 2.29. The Labute approximate surface area is 194 Å². The molecule has 14 heteroatoms. The molecule has 5 aromatic heterocycles. The van der Waals surface area contributed by atoms with E-state index in [1.807, 2.05) is 0 Å². The van der Waals surface area contributed by atoms with Gasteiger partial charge in [-0.1, -0.05) is 0 Å². The first-order chi connectivity index (χ1) is 17.1. The number of H-pyrrole nitrogens is 1. The number of nitrogens with zero attached hydrogens (tertiary/aromatic N) is 8. The van der Waals surface area contributed by atoms with Crippen molar-refractivity contribution in [1.82, 2.24) is 44.6 Å². The first-order valence-electron chi connectivity index (χ1n) is 10.4. The normalized spacial score (nSPS) is 15.5. The van der Waals surface area contributed by atoms with E-state index in [4.69, 9.17) is 4.42 Å². The van der Waals surface area contributed by atoms with Crippen molar-refractivity contribution >= 4 is 11.4 Å². The van der Waals surface area contributed by atoms with Crippen molar-refractivity contribution in [3.63, 3.8) is 0 Å².